The second-order valence-corrected chi connectivity index (χ2v) is 8.39. The predicted molar refractivity (Wildman–Crippen MR) is 114 cm³/mol. The van der Waals surface area contributed by atoms with Crippen molar-refractivity contribution in [3.63, 3.8) is 0 Å². The Labute approximate surface area is 186 Å². The largest absolute Gasteiger partial charge is 0.435 e. The molecule has 0 aliphatic heterocycles. The van der Waals surface area contributed by atoms with Gasteiger partial charge in [-0.1, -0.05) is 23.7 Å². The predicted octanol–water partition coefficient (Wildman–Crippen LogP) is 6.29. The van der Waals surface area contributed by atoms with Gasteiger partial charge in [-0.25, -0.2) is 18.2 Å². The number of benzene rings is 1. The van der Waals surface area contributed by atoms with E-state index in [0.717, 1.165) is 6.20 Å². The number of pyridine rings is 1. The van der Waals surface area contributed by atoms with Gasteiger partial charge in [-0.05, 0) is 40.6 Å². The number of rotatable bonds is 4. The summed E-state index contributed by atoms with van der Waals surface area (Å²) >= 11 is 7.76. The number of amides is 1. The number of hydrogen-bond acceptors (Lipinski definition) is 3. The van der Waals surface area contributed by atoms with E-state index in [2.05, 4.69) is 10.1 Å². The Bertz CT molecular complexity index is 1180. The number of halogens is 7. The normalized spacial score (nSPS) is 12.9. The first-order valence-corrected chi connectivity index (χ1v) is 12.4. The van der Waals surface area contributed by atoms with Crippen molar-refractivity contribution in [3.05, 3.63) is 58.0 Å². The minimum absolute atomic E-state index is 0.0794. The van der Waals surface area contributed by atoms with Gasteiger partial charge in [-0.2, -0.15) is 18.3 Å². The van der Waals surface area contributed by atoms with Gasteiger partial charge in [0, 0.05) is 17.1 Å². The lowest BCUT2D eigenvalue weighted by molar-refractivity contribution is -0.140. The number of nitrogens with one attached hydrogen (secondary N) is 1. The fourth-order valence-electron chi connectivity index (χ4n) is 2.59. The Kier molecular flexibility index (Phi) is 6.63. The maximum absolute atomic E-state index is 14.8. The fraction of sp³-hybridized carbons (Fsp3) is 0.118. The molecule has 1 N–H and O–H groups in total. The van der Waals surface area contributed by atoms with Crippen LogP contribution in [0.15, 0.2) is 30.4 Å². The lowest BCUT2D eigenvalue weighted by Crippen LogP contribution is -2.19. The molecule has 0 fully saturated rings. The van der Waals surface area contributed by atoms with Crippen LogP contribution in [0.2, 0.25) is 5.02 Å². The van der Waals surface area contributed by atoms with E-state index in [9.17, 15) is 26.7 Å². The molecule has 158 valence electrons. The Morgan fingerprint density at radius 3 is 2.67 bits per heavy atom. The minimum atomic E-state index is -4.91. The van der Waals surface area contributed by atoms with Crippen molar-refractivity contribution in [2.75, 3.05) is 5.32 Å². The van der Waals surface area contributed by atoms with Crippen molar-refractivity contribution in [1.29, 1.82) is 0 Å². The van der Waals surface area contributed by atoms with E-state index in [4.69, 9.17) is 11.6 Å². The van der Waals surface area contributed by atoms with E-state index < -0.39 is 35.1 Å². The van der Waals surface area contributed by atoms with Gasteiger partial charge in [0.25, 0.3) is 5.91 Å². The highest BCUT2D eigenvalue weighted by molar-refractivity contribution is 14.2. The molecule has 2 heterocycles. The standard InChI is InChI=1S/C17H10ClF5IN4OP/c1-7-10(18)6-25-15(17(21,22)23)13(7)27-16(29)11(19)4-8-2-3-9-5-26-28(30-24)14(9)12(8)20/h2-6,30H,1H3,(H,27,29)/b11-4-. The Hall–Kier alpha value is -1.85. The van der Waals surface area contributed by atoms with Crippen LogP contribution in [0.1, 0.15) is 16.8 Å². The summed E-state index contributed by atoms with van der Waals surface area (Å²) in [5.74, 6) is -3.81. The third-order valence-electron chi connectivity index (χ3n) is 4.06. The van der Waals surface area contributed by atoms with Crippen molar-refractivity contribution in [3.8, 4) is 0 Å². The molecule has 5 nitrogen and oxygen atoms in total. The zero-order chi connectivity index (χ0) is 22.2. The molecule has 0 radical (unpaired) electrons. The Morgan fingerprint density at radius 1 is 1.33 bits per heavy atom. The SMILES string of the molecule is Cc1c(Cl)cnc(C(F)(F)F)c1NC(=O)/C(F)=C/c1ccc2cnn(PI)c2c1F. The van der Waals surface area contributed by atoms with Crippen molar-refractivity contribution in [2.45, 2.75) is 13.1 Å². The number of fused-ring (bicyclic) bond motifs is 1. The molecule has 3 rings (SSSR count). The number of alkyl halides is 3. The number of carbonyl (C=O) groups is 1. The van der Waals surface area contributed by atoms with Gasteiger partial charge in [0.1, 0.15) is 5.52 Å². The molecule has 0 aliphatic carbocycles. The lowest BCUT2D eigenvalue weighted by Gasteiger charge is -2.15. The van der Waals surface area contributed by atoms with Gasteiger partial charge < -0.3 is 5.32 Å². The van der Waals surface area contributed by atoms with Gasteiger partial charge in [-0.15, -0.1) is 0 Å². The van der Waals surface area contributed by atoms with E-state index in [-0.39, 0.29) is 28.0 Å². The Morgan fingerprint density at radius 2 is 2.03 bits per heavy atom. The van der Waals surface area contributed by atoms with Gasteiger partial charge in [0.05, 0.1) is 23.3 Å². The molecular formula is C17H10ClF5IN4OP. The molecule has 30 heavy (non-hydrogen) atoms. The molecule has 1 amide bonds. The van der Waals surface area contributed by atoms with Crippen molar-refractivity contribution >= 4 is 68.6 Å². The second kappa shape index (κ2) is 8.72. The molecule has 0 saturated carbocycles. The highest BCUT2D eigenvalue weighted by atomic mass is 127. The molecule has 0 aliphatic rings. The van der Waals surface area contributed by atoms with Crippen LogP contribution < -0.4 is 5.32 Å². The molecule has 0 bridgehead atoms. The molecule has 0 saturated heterocycles. The summed E-state index contributed by atoms with van der Waals surface area (Å²) in [6.45, 7) is 1.22. The number of anilines is 1. The van der Waals surface area contributed by atoms with E-state index in [1.165, 1.54) is 29.7 Å². The van der Waals surface area contributed by atoms with Crippen LogP contribution in [0, 0.1) is 12.7 Å². The first-order chi connectivity index (χ1) is 14.0. The van der Waals surface area contributed by atoms with E-state index in [0.29, 0.717) is 11.5 Å². The van der Waals surface area contributed by atoms with Crippen LogP contribution in [0.3, 0.4) is 0 Å². The third-order valence-corrected chi connectivity index (χ3v) is 6.32. The first-order valence-electron chi connectivity index (χ1n) is 7.98. The van der Waals surface area contributed by atoms with E-state index in [1.54, 1.807) is 0 Å². The summed E-state index contributed by atoms with van der Waals surface area (Å²) < 4.78 is 70.1. The third kappa shape index (κ3) is 4.42. The van der Waals surface area contributed by atoms with Crippen LogP contribution >= 0.6 is 40.0 Å². The summed E-state index contributed by atoms with van der Waals surface area (Å²) in [6, 6.07) is 2.72. The van der Waals surface area contributed by atoms with Gasteiger partial charge in [0.15, 0.2) is 17.3 Å². The van der Waals surface area contributed by atoms with Gasteiger partial charge >= 0.3 is 6.18 Å². The number of hydrogen-bond donors (Lipinski definition) is 1. The molecule has 0 spiro atoms. The molecule has 13 heteroatoms. The summed E-state index contributed by atoms with van der Waals surface area (Å²) in [5.41, 5.74) is -2.48. The van der Waals surface area contributed by atoms with Crippen LogP contribution in [0.25, 0.3) is 17.0 Å². The van der Waals surface area contributed by atoms with Crippen LogP contribution in [-0.2, 0) is 11.0 Å². The molecule has 2 aromatic heterocycles. The average Bonchev–Trinajstić information content (AvgIpc) is 3.10. The Balaban J connectivity index is 1.98. The zero-order valence-electron chi connectivity index (χ0n) is 14.8. The minimum Gasteiger partial charge on any atom is -0.318 e. The van der Waals surface area contributed by atoms with Crippen molar-refractivity contribution < 1.29 is 26.7 Å². The first kappa shape index (κ1) is 22.8. The van der Waals surface area contributed by atoms with Crippen LogP contribution in [0.5, 0.6) is 0 Å². The monoisotopic (exact) mass is 574 g/mol. The van der Waals surface area contributed by atoms with Crippen LogP contribution in [0.4, 0.5) is 27.6 Å². The summed E-state index contributed by atoms with van der Waals surface area (Å²) in [4.78, 5) is 15.4. The zero-order valence-corrected chi connectivity index (χ0v) is 18.7. The van der Waals surface area contributed by atoms with E-state index in [1.807, 2.05) is 27.4 Å². The van der Waals surface area contributed by atoms with Crippen LogP contribution in [-0.4, -0.2) is 20.4 Å². The van der Waals surface area contributed by atoms with Gasteiger partial charge in [-0.3, -0.25) is 4.79 Å². The maximum Gasteiger partial charge on any atom is 0.435 e. The quantitative estimate of drug-likeness (QED) is 0.172. The number of aromatic nitrogens is 3. The number of nitrogens with zero attached hydrogens (tertiary/aromatic N) is 3. The molecule has 3 aromatic rings. The van der Waals surface area contributed by atoms with E-state index >= 15 is 0 Å². The molecule has 1 aromatic carbocycles. The molecule has 1 unspecified atom stereocenters. The highest BCUT2D eigenvalue weighted by Crippen LogP contribution is 2.37. The summed E-state index contributed by atoms with van der Waals surface area (Å²) in [7, 11) is 0. The summed E-state index contributed by atoms with van der Waals surface area (Å²) in [6.07, 6.45) is -2.01. The smallest absolute Gasteiger partial charge is 0.318 e. The number of carbonyl (C=O) groups excluding carboxylic acids is 1. The fourth-order valence-corrected chi connectivity index (χ4v) is 4.24. The van der Waals surface area contributed by atoms with Crippen molar-refractivity contribution in [2.24, 2.45) is 0 Å². The lowest BCUT2D eigenvalue weighted by atomic mass is 10.1. The second-order valence-electron chi connectivity index (χ2n) is 5.95. The average molecular weight is 575 g/mol. The summed E-state index contributed by atoms with van der Waals surface area (Å²) in [5, 5.41) is 6.16. The highest BCUT2D eigenvalue weighted by Gasteiger charge is 2.37. The van der Waals surface area contributed by atoms with Crippen molar-refractivity contribution in [1.82, 2.24) is 14.5 Å². The molecular weight excluding hydrogens is 565 g/mol. The maximum atomic E-state index is 14.8. The molecule has 1 atom stereocenters. The topological polar surface area (TPSA) is 59.8 Å². The van der Waals surface area contributed by atoms with Gasteiger partial charge in [0.2, 0.25) is 0 Å².